The molecule has 0 radical (unpaired) electrons. The first-order valence-electron chi connectivity index (χ1n) is 23.6. The van der Waals surface area contributed by atoms with Crippen molar-refractivity contribution in [3.63, 3.8) is 0 Å². The molecule has 3 amide bonds. The van der Waals surface area contributed by atoms with Crippen LogP contribution in [-0.2, 0) is 37.0 Å². The van der Waals surface area contributed by atoms with Crippen molar-refractivity contribution >= 4 is 29.1 Å². The molecule has 0 bridgehead atoms. The second-order valence-electron chi connectivity index (χ2n) is 19.1. The molecule has 4 aromatic rings. The Hall–Kier alpha value is -5.07. The lowest BCUT2D eigenvalue weighted by Crippen LogP contribution is -2.61. The fraction of sp³-hybridized carbons (Fsp3) is 0.491. The molecule has 3 aliphatic rings. The first kappa shape index (κ1) is 46.9. The predicted molar refractivity (Wildman–Crippen MR) is 253 cm³/mol. The number of nitrogens with zero attached hydrogens (tertiary/aromatic N) is 1. The number of hydrogen-bond acceptors (Lipinski definition) is 8. The number of likely N-dealkylation sites (tertiary alicyclic amines) is 1. The topological polar surface area (TPSA) is 155 Å². The molecule has 1 aliphatic carbocycles. The SMILES string of the molecule is CC(C)(C)NC(=O)[C@H]1CC[C@H]2CCCC[C@H]2N1C[C@H]1C[C@@H](c2ccc(CO)cc2)O[C@@H](c2ccc(-c3ccccc3CNC(=O)CCCCCCC(=O)Nc3ccccc3N)cc2)O1. The van der Waals surface area contributed by atoms with Crippen LogP contribution in [0.3, 0.4) is 0 Å². The van der Waals surface area contributed by atoms with E-state index in [0.717, 1.165) is 78.3 Å². The molecule has 0 unspecified atom stereocenters. The van der Waals surface area contributed by atoms with Crippen molar-refractivity contribution in [3.8, 4) is 11.1 Å². The molecule has 6 atom stereocenters. The summed E-state index contributed by atoms with van der Waals surface area (Å²) in [4.78, 5) is 41.6. The van der Waals surface area contributed by atoms with E-state index in [1.54, 1.807) is 12.1 Å². The summed E-state index contributed by atoms with van der Waals surface area (Å²) in [6.07, 6.45) is 10.4. The number of aliphatic hydroxyl groups is 1. The summed E-state index contributed by atoms with van der Waals surface area (Å²) >= 11 is 0. The maximum Gasteiger partial charge on any atom is 0.237 e. The van der Waals surface area contributed by atoms with Gasteiger partial charge in [0.1, 0.15) is 0 Å². The molecule has 2 saturated heterocycles. The van der Waals surface area contributed by atoms with E-state index in [1.165, 1.54) is 19.3 Å². The number of hydrogen-bond donors (Lipinski definition) is 5. The van der Waals surface area contributed by atoms with Crippen molar-refractivity contribution in [1.29, 1.82) is 0 Å². The lowest BCUT2D eigenvalue weighted by Gasteiger charge is -2.50. The van der Waals surface area contributed by atoms with Crippen molar-refractivity contribution in [1.82, 2.24) is 15.5 Å². The Bertz CT molecular complexity index is 2150. The second-order valence-corrected chi connectivity index (χ2v) is 19.1. The molecule has 6 N–H and O–H groups in total. The zero-order chi connectivity index (χ0) is 45.1. The molecule has 4 aromatic carbocycles. The van der Waals surface area contributed by atoms with Gasteiger partial charge in [-0.25, -0.2) is 0 Å². The van der Waals surface area contributed by atoms with Crippen LogP contribution >= 0.6 is 0 Å². The average Bonchev–Trinajstić information content (AvgIpc) is 3.30. The minimum atomic E-state index is -0.621. The number of nitrogens with two attached hydrogens (primary N) is 1. The van der Waals surface area contributed by atoms with E-state index in [4.69, 9.17) is 15.2 Å². The van der Waals surface area contributed by atoms with Crippen LogP contribution in [0.15, 0.2) is 97.1 Å². The Morgan fingerprint density at radius 2 is 1.45 bits per heavy atom. The van der Waals surface area contributed by atoms with Crippen molar-refractivity contribution in [2.45, 2.75) is 154 Å². The highest BCUT2D eigenvalue weighted by molar-refractivity contribution is 5.93. The van der Waals surface area contributed by atoms with Gasteiger partial charge in [0.05, 0.1) is 36.2 Å². The van der Waals surface area contributed by atoms with Crippen molar-refractivity contribution < 1.29 is 29.0 Å². The van der Waals surface area contributed by atoms with Crippen LogP contribution in [0.1, 0.15) is 139 Å². The van der Waals surface area contributed by atoms with Gasteiger partial charge >= 0.3 is 0 Å². The lowest BCUT2D eigenvalue weighted by atomic mass is 9.75. The van der Waals surface area contributed by atoms with Crippen LogP contribution in [0, 0.1) is 5.92 Å². The van der Waals surface area contributed by atoms with E-state index >= 15 is 0 Å². The number of piperidine rings is 1. The third-order valence-electron chi connectivity index (χ3n) is 13.1. The van der Waals surface area contributed by atoms with E-state index < -0.39 is 6.29 Å². The molecule has 2 aliphatic heterocycles. The number of para-hydroxylation sites is 2. The highest BCUT2D eigenvalue weighted by Gasteiger charge is 2.44. The maximum atomic E-state index is 13.9. The number of fused-ring (bicyclic) bond motifs is 1. The van der Waals surface area contributed by atoms with E-state index in [9.17, 15) is 19.5 Å². The Labute approximate surface area is 379 Å². The Morgan fingerprint density at radius 3 is 2.19 bits per heavy atom. The molecule has 2 heterocycles. The number of benzene rings is 4. The Kier molecular flexibility index (Phi) is 16.3. The standard InChI is InChI=1S/C53H69N5O6/c1-53(2,3)57-51(62)47-31-30-38-14-9-13-19-46(38)58(47)34-42-32-48(39-24-22-36(35-59)23-25-39)64-52(63-42)40-28-26-37(27-29-40)43-16-10-8-15-41(43)33-55-49(60)20-6-4-5-7-21-50(61)56-45-18-12-11-17-44(45)54/h8,10-12,15-18,22-29,38,42,46-48,52,59H,4-7,9,13-14,19-21,30-35,54H2,1-3H3,(H,55,60)(H,56,61)(H,57,62)/t38-,42-,46-,47-,48+,52+/m1/s1. The largest absolute Gasteiger partial charge is 0.397 e. The number of nitrogen functional groups attached to an aromatic ring is 1. The molecule has 1 saturated carbocycles. The van der Waals surface area contributed by atoms with Gasteiger partial charge in [-0.1, -0.05) is 111 Å². The minimum absolute atomic E-state index is 0.00821. The minimum Gasteiger partial charge on any atom is -0.397 e. The van der Waals surface area contributed by atoms with Crippen LogP contribution < -0.4 is 21.7 Å². The van der Waals surface area contributed by atoms with Crippen molar-refractivity contribution in [2.75, 3.05) is 17.6 Å². The van der Waals surface area contributed by atoms with Gasteiger partial charge in [0, 0.05) is 49.5 Å². The summed E-state index contributed by atoms with van der Waals surface area (Å²) in [5, 5.41) is 19.0. The van der Waals surface area contributed by atoms with Gasteiger partial charge in [-0.15, -0.1) is 0 Å². The summed E-state index contributed by atoms with van der Waals surface area (Å²) in [7, 11) is 0. The number of carbonyl (C=O) groups is 3. The number of rotatable bonds is 17. The van der Waals surface area contributed by atoms with Gasteiger partial charge < -0.3 is 36.3 Å². The van der Waals surface area contributed by atoms with Gasteiger partial charge in [-0.2, -0.15) is 0 Å². The summed E-state index contributed by atoms with van der Waals surface area (Å²) in [6, 6.07) is 31.8. The third kappa shape index (κ3) is 12.8. The fourth-order valence-electron chi connectivity index (χ4n) is 9.80. The van der Waals surface area contributed by atoms with Crippen LogP contribution in [-0.4, -0.2) is 58.0 Å². The van der Waals surface area contributed by atoms with Crippen LogP contribution in [0.5, 0.6) is 0 Å². The Balaban J connectivity index is 0.977. The predicted octanol–water partition coefficient (Wildman–Crippen LogP) is 9.51. The van der Waals surface area contributed by atoms with Crippen molar-refractivity contribution in [2.24, 2.45) is 5.92 Å². The fourth-order valence-corrected chi connectivity index (χ4v) is 9.80. The molecule has 0 spiro atoms. The normalized spacial score (nSPS) is 22.6. The molecule has 64 heavy (non-hydrogen) atoms. The van der Waals surface area contributed by atoms with E-state index in [2.05, 4.69) is 57.2 Å². The zero-order valence-electron chi connectivity index (χ0n) is 38.0. The average molecular weight is 872 g/mol. The van der Waals surface area contributed by atoms with Gasteiger partial charge in [-0.3, -0.25) is 19.3 Å². The monoisotopic (exact) mass is 872 g/mol. The molecule has 7 rings (SSSR count). The second kappa shape index (κ2) is 22.2. The van der Waals surface area contributed by atoms with Gasteiger partial charge in [-0.05, 0) is 105 Å². The number of unbranched alkanes of at least 4 members (excludes halogenated alkanes) is 3. The molecule has 11 nitrogen and oxygen atoms in total. The number of amides is 3. The van der Waals surface area contributed by atoms with Crippen molar-refractivity contribution in [3.05, 3.63) is 119 Å². The molecule has 3 fully saturated rings. The molecular weight excluding hydrogens is 803 g/mol. The maximum absolute atomic E-state index is 13.9. The zero-order valence-corrected chi connectivity index (χ0v) is 38.0. The molecular formula is C53H69N5O6. The third-order valence-corrected chi connectivity index (χ3v) is 13.1. The van der Waals surface area contributed by atoms with Gasteiger partial charge in [0.2, 0.25) is 17.7 Å². The first-order valence-corrected chi connectivity index (χ1v) is 23.6. The molecule has 0 aromatic heterocycles. The quantitative estimate of drug-likeness (QED) is 0.0519. The summed E-state index contributed by atoms with van der Waals surface area (Å²) in [6.45, 7) is 7.19. The highest BCUT2D eigenvalue weighted by atomic mass is 16.7. The lowest BCUT2D eigenvalue weighted by molar-refractivity contribution is -0.255. The summed E-state index contributed by atoms with van der Waals surface area (Å²) in [5.74, 6) is 0.654. The van der Waals surface area contributed by atoms with Crippen LogP contribution in [0.25, 0.3) is 11.1 Å². The van der Waals surface area contributed by atoms with E-state index in [-0.39, 0.29) is 48.1 Å². The molecule has 11 heteroatoms. The highest BCUT2D eigenvalue weighted by Crippen LogP contribution is 2.42. The van der Waals surface area contributed by atoms with Gasteiger partial charge in [0.25, 0.3) is 0 Å². The number of ether oxygens (including phenoxy) is 2. The number of carbonyl (C=O) groups excluding carboxylic acids is 3. The summed E-state index contributed by atoms with van der Waals surface area (Å²) < 4.78 is 13.7. The summed E-state index contributed by atoms with van der Waals surface area (Å²) in [5.41, 5.74) is 12.7. The number of aliphatic hydroxyl groups excluding tert-OH is 1. The first-order chi connectivity index (χ1) is 30.9. The van der Waals surface area contributed by atoms with E-state index in [0.29, 0.717) is 55.7 Å². The van der Waals surface area contributed by atoms with Crippen LogP contribution in [0.2, 0.25) is 0 Å². The smallest absolute Gasteiger partial charge is 0.237 e. The number of anilines is 2. The Morgan fingerprint density at radius 1 is 0.766 bits per heavy atom. The van der Waals surface area contributed by atoms with Crippen LogP contribution in [0.4, 0.5) is 11.4 Å². The van der Waals surface area contributed by atoms with E-state index in [1.807, 2.05) is 69.3 Å². The molecule has 342 valence electrons. The van der Waals surface area contributed by atoms with Gasteiger partial charge in [0.15, 0.2) is 6.29 Å². The number of nitrogens with one attached hydrogen (secondary N) is 3.